The third-order valence-electron chi connectivity index (χ3n) is 9.35. The molecule has 0 saturated heterocycles. The zero-order chi connectivity index (χ0) is 22.2. The molecule has 0 nitrogen and oxygen atoms in total. The van der Waals surface area contributed by atoms with Crippen molar-refractivity contribution in [2.45, 2.75) is 118 Å². The molecule has 0 aromatic heterocycles. The average molecular weight is 419 g/mol. The summed E-state index contributed by atoms with van der Waals surface area (Å²) in [6.45, 7) is 16.8. The summed E-state index contributed by atoms with van der Waals surface area (Å²) in [5.41, 5.74) is 10.5. The minimum Gasteiger partial charge on any atom is -0.0990 e. The molecule has 170 valence electrons. The van der Waals surface area contributed by atoms with Crippen LogP contribution in [0.25, 0.3) is 0 Å². The monoisotopic (exact) mass is 418 g/mol. The smallest absolute Gasteiger partial charge is 0.00597 e. The Morgan fingerprint density at radius 1 is 1.13 bits per heavy atom. The Morgan fingerprint density at radius 3 is 2.55 bits per heavy atom. The Balaban J connectivity index is 1.76. The molecule has 3 aliphatic carbocycles. The number of allylic oxidation sites excluding steroid dienone is 3. The van der Waals surface area contributed by atoms with Crippen molar-refractivity contribution in [3.05, 3.63) is 58.2 Å². The van der Waals surface area contributed by atoms with Crippen molar-refractivity contribution in [1.29, 1.82) is 0 Å². The van der Waals surface area contributed by atoms with E-state index in [0.29, 0.717) is 16.7 Å². The van der Waals surface area contributed by atoms with Crippen LogP contribution in [0.2, 0.25) is 0 Å². The molecule has 0 N–H and O–H groups in total. The van der Waals surface area contributed by atoms with Gasteiger partial charge in [0.25, 0.3) is 0 Å². The molecule has 1 aromatic rings. The lowest BCUT2D eigenvalue weighted by Crippen LogP contribution is -2.38. The van der Waals surface area contributed by atoms with Crippen LogP contribution in [-0.2, 0) is 19.3 Å². The highest BCUT2D eigenvalue weighted by Gasteiger charge is 2.44. The Labute approximate surface area is 192 Å². The maximum absolute atomic E-state index is 4.70. The third-order valence-corrected chi connectivity index (χ3v) is 9.35. The fraction of sp³-hybridized carbons (Fsp3) is 0.677. The SMILES string of the molecule is C=C(Cc1cc(CCCCC)cc2c1C1C=C(C)CCC1C(C)(C)C2)C1(CC)CCC1. The van der Waals surface area contributed by atoms with E-state index in [0.717, 1.165) is 12.3 Å². The van der Waals surface area contributed by atoms with Gasteiger partial charge in [0, 0.05) is 5.92 Å². The van der Waals surface area contributed by atoms with Gasteiger partial charge < -0.3 is 0 Å². The molecule has 1 saturated carbocycles. The van der Waals surface area contributed by atoms with Crippen molar-refractivity contribution in [3.63, 3.8) is 0 Å². The summed E-state index contributed by atoms with van der Waals surface area (Å²) in [6.07, 6.45) is 18.2. The lowest BCUT2D eigenvalue weighted by molar-refractivity contribution is 0.156. The van der Waals surface area contributed by atoms with Crippen molar-refractivity contribution in [1.82, 2.24) is 0 Å². The molecule has 4 rings (SSSR count). The number of hydrogen-bond donors (Lipinski definition) is 0. The molecule has 0 heteroatoms. The van der Waals surface area contributed by atoms with Gasteiger partial charge in [0.15, 0.2) is 0 Å². The first kappa shape index (κ1) is 22.9. The van der Waals surface area contributed by atoms with Gasteiger partial charge in [-0.05, 0) is 104 Å². The summed E-state index contributed by atoms with van der Waals surface area (Å²) in [6, 6.07) is 5.21. The summed E-state index contributed by atoms with van der Waals surface area (Å²) in [7, 11) is 0. The molecular weight excluding hydrogens is 372 g/mol. The maximum atomic E-state index is 4.70. The zero-order valence-electron chi connectivity index (χ0n) is 21.1. The summed E-state index contributed by atoms with van der Waals surface area (Å²) >= 11 is 0. The number of rotatable bonds is 8. The molecule has 0 spiro atoms. The van der Waals surface area contributed by atoms with Crippen molar-refractivity contribution < 1.29 is 0 Å². The fourth-order valence-electron chi connectivity index (χ4n) is 7.13. The maximum Gasteiger partial charge on any atom is 0.00597 e. The van der Waals surface area contributed by atoms with Gasteiger partial charge in [0.1, 0.15) is 0 Å². The van der Waals surface area contributed by atoms with E-state index in [1.807, 2.05) is 0 Å². The van der Waals surface area contributed by atoms with Crippen molar-refractivity contribution in [2.75, 3.05) is 0 Å². The number of unbranched alkanes of at least 4 members (excludes halogenated alkanes) is 2. The highest BCUT2D eigenvalue weighted by atomic mass is 14.5. The van der Waals surface area contributed by atoms with E-state index >= 15 is 0 Å². The lowest BCUT2D eigenvalue weighted by atomic mass is 9.56. The van der Waals surface area contributed by atoms with Gasteiger partial charge >= 0.3 is 0 Å². The molecule has 0 aliphatic heterocycles. The van der Waals surface area contributed by atoms with Crippen LogP contribution in [0.4, 0.5) is 0 Å². The molecule has 1 fully saturated rings. The van der Waals surface area contributed by atoms with Crippen LogP contribution in [0.5, 0.6) is 0 Å². The highest BCUT2D eigenvalue weighted by Crippen LogP contribution is 2.55. The van der Waals surface area contributed by atoms with Gasteiger partial charge in [-0.3, -0.25) is 0 Å². The van der Waals surface area contributed by atoms with Crippen LogP contribution in [0.3, 0.4) is 0 Å². The Kier molecular flexibility index (Phi) is 6.58. The Morgan fingerprint density at radius 2 is 1.90 bits per heavy atom. The quantitative estimate of drug-likeness (QED) is 0.291. The van der Waals surface area contributed by atoms with Crippen molar-refractivity contribution in [3.8, 4) is 0 Å². The van der Waals surface area contributed by atoms with E-state index < -0.39 is 0 Å². The first-order valence-corrected chi connectivity index (χ1v) is 13.3. The van der Waals surface area contributed by atoms with Crippen LogP contribution < -0.4 is 0 Å². The molecule has 31 heavy (non-hydrogen) atoms. The van der Waals surface area contributed by atoms with E-state index in [1.54, 1.807) is 27.8 Å². The van der Waals surface area contributed by atoms with Gasteiger partial charge in [0.2, 0.25) is 0 Å². The summed E-state index contributed by atoms with van der Waals surface area (Å²) in [4.78, 5) is 0. The second-order valence-corrected chi connectivity index (χ2v) is 11.9. The second-order valence-electron chi connectivity index (χ2n) is 11.9. The van der Waals surface area contributed by atoms with Crippen LogP contribution >= 0.6 is 0 Å². The van der Waals surface area contributed by atoms with Crippen molar-refractivity contribution in [2.24, 2.45) is 16.7 Å². The molecular formula is C31H46. The number of aryl methyl sites for hydroxylation is 1. The zero-order valence-corrected chi connectivity index (χ0v) is 21.1. The topological polar surface area (TPSA) is 0 Å². The van der Waals surface area contributed by atoms with Gasteiger partial charge in [-0.15, -0.1) is 0 Å². The second kappa shape index (κ2) is 8.92. The van der Waals surface area contributed by atoms with Crippen LogP contribution in [0.15, 0.2) is 35.9 Å². The molecule has 3 aliphatic rings. The molecule has 2 unspecified atom stereocenters. The van der Waals surface area contributed by atoms with Crippen molar-refractivity contribution >= 4 is 0 Å². The minimum absolute atomic E-state index is 0.393. The van der Waals surface area contributed by atoms with Gasteiger partial charge in [-0.25, -0.2) is 0 Å². The largest absolute Gasteiger partial charge is 0.0990 e. The number of fused-ring (bicyclic) bond motifs is 3. The molecule has 0 amide bonds. The van der Waals surface area contributed by atoms with E-state index in [-0.39, 0.29) is 0 Å². The summed E-state index contributed by atoms with van der Waals surface area (Å²) in [5, 5.41) is 0. The fourth-order valence-corrected chi connectivity index (χ4v) is 7.13. The molecule has 0 heterocycles. The normalized spacial score (nSPS) is 25.8. The summed E-state index contributed by atoms with van der Waals surface area (Å²) in [5.74, 6) is 1.39. The van der Waals surface area contributed by atoms with E-state index in [1.165, 1.54) is 76.2 Å². The predicted molar refractivity (Wildman–Crippen MR) is 136 cm³/mol. The molecule has 0 radical (unpaired) electrons. The Bertz CT molecular complexity index is 840. The first-order valence-electron chi connectivity index (χ1n) is 13.3. The van der Waals surface area contributed by atoms with Crippen LogP contribution in [-0.4, -0.2) is 0 Å². The minimum atomic E-state index is 0.393. The van der Waals surface area contributed by atoms with Gasteiger partial charge in [-0.1, -0.05) is 82.9 Å². The van der Waals surface area contributed by atoms with Crippen LogP contribution in [0.1, 0.15) is 121 Å². The van der Waals surface area contributed by atoms with Gasteiger partial charge in [-0.2, -0.15) is 0 Å². The number of hydrogen-bond acceptors (Lipinski definition) is 0. The van der Waals surface area contributed by atoms with E-state index in [2.05, 4.69) is 52.8 Å². The average Bonchev–Trinajstić information content (AvgIpc) is 2.66. The van der Waals surface area contributed by atoms with E-state index in [4.69, 9.17) is 6.58 Å². The lowest BCUT2D eigenvalue weighted by Gasteiger charge is -2.48. The summed E-state index contributed by atoms with van der Waals surface area (Å²) < 4.78 is 0. The predicted octanol–water partition coefficient (Wildman–Crippen LogP) is 9.12. The molecule has 1 aromatic carbocycles. The highest BCUT2D eigenvalue weighted by molar-refractivity contribution is 5.49. The van der Waals surface area contributed by atoms with Crippen LogP contribution in [0, 0.1) is 16.7 Å². The standard InChI is InChI=1S/C31H46/c1-7-9-10-12-24-19-25(18-23(4)31(8-2)15-11-16-31)29-26(20-24)21-30(5,6)28-14-13-22(3)17-27(28)29/h17,19-20,27-28H,4,7-16,18,21H2,1-3,5-6H3. The van der Waals surface area contributed by atoms with E-state index in [9.17, 15) is 0 Å². The number of benzene rings is 1. The van der Waals surface area contributed by atoms with Gasteiger partial charge in [0.05, 0.1) is 0 Å². The third kappa shape index (κ3) is 4.34. The Hall–Kier alpha value is -1.30. The first-order chi connectivity index (χ1) is 14.8. The molecule has 2 atom stereocenters. The molecule has 0 bridgehead atoms.